The third-order valence-corrected chi connectivity index (χ3v) is 9.45. The Bertz CT molecular complexity index is 1500. The van der Waals surface area contributed by atoms with Gasteiger partial charge in [-0.2, -0.15) is 0 Å². The zero-order valence-corrected chi connectivity index (χ0v) is 27.5. The second-order valence-corrected chi connectivity index (χ2v) is 12.9. The van der Waals surface area contributed by atoms with Gasteiger partial charge >= 0.3 is 0 Å². The minimum absolute atomic E-state index is 0.0402. The van der Waals surface area contributed by atoms with E-state index in [4.69, 9.17) is 4.74 Å². The van der Waals surface area contributed by atoms with Crippen molar-refractivity contribution in [3.05, 3.63) is 72.4 Å². The molecule has 0 aromatic heterocycles. The number of nitro benzene ring substituents is 1. The number of carbonyl (C=O) groups excluding carboxylic acids is 2. The highest BCUT2D eigenvalue weighted by Gasteiger charge is 2.55. The van der Waals surface area contributed by atoms with E-state index in [-0.39, 0.29) is 29.5 Å². The Morgan fingerprint density at radius 1 is 1.20 bits per heavy atom. The average Bonchev–Trinajstić information content (AvgIpc) is 3.25. The average molecular weight is 719 g/mol. The van der Waals surface area contributed by atoms with Crippen LogP contribution < -0.4 is 9.64 Å². The molecule has 1 heterocycles. The van der Waals surface area contributed by atoms with Gasteiger partial charge in [-0.15, -0.1) is 0 Å². The van der Waals surface area contributed by atoms with Crippen LogP contribution in [0.3, 0.4) is 0 Å². The first-order chi connectivity index (χ1) is 20.9. The van der Waals surface area contributed by atoms with E-state index in [0.717, 1.165) is 34.5 Å². The molecule has 1 fully saturated rings. The lowest BCUT2D eigenvalue weighted by molar-refractivity contribution is -0.384. The van der Waals surface area contributed by atoms with Crippen molar-refractivity contribution < 1.29 is 34.6 Å². The highest BCUT2D eigenvalue weighted by atomic mass is 127. The number of anilines is 1. The van der Waals surface area contributed by atoms with Crippen LogP contribution in [0.1, 0.15) is 58.4 Å². The van der Waals surface area contributed by atoms with Crippen molar-refractivity contribution in [2.24, 2.45) is 23.7 Å². The summed E-state index contributed by atoms with van der Waals surface area (Å²) in [5, 5.41) is 43.9. The Hall–Kier alpha value is -3.29. The molecule has 10 nitrogen and oxygen atoms in total. The predicted octanol–water partition coefficient (Wildman–Crippen LogP) is 6.01. The number of ether oxygens (including phenoxy) is 1. The molecule has 3 N–H and O–H groups in total. The Kier molecular flexibility index (Phi) is 10.9. The number of methoxy groups -OCH3 is 1. The number of aliphatic hydroxyl groups excluding tert-OH is 2. The van der Waals surface area contributed by atoms with Gasteiger partial charge in [-0.3, -0.25) is 19.7 Å². The van der Waals surface area contributed by atoms with Crippen LogP contribution in [0, 0.1) is 37.4 Å². The molecule has 4 atom stereocenters. The highest BCUT2D eigenvalue weighted by molar-refractivity contribution is 14.1. The van der Waals surface area contributed by atoms with Crippen molar-refractivity contribution in [2.45, 2.75) is 59.0 Å². The standard InChI is InChI=1S/C33H39IN2O8/c1-5-7-19(12-20-13-26(34)31(39)28(14-20)44-4)10-11-27(38)29-23(18(2)3)16-24-30(25(29)17-37)33(41)35(32(24)40)21-8-6-9-22(15-21)36(42)43/h6,8-9,12-15,18,24-25,27,30,37-39H,5,7,10-11,16-17H2,1-4H3/b19-12+/t24-,25+,27-,30-/m1/s1. The fourth-order valence-corrected chi connectivity index (χ4v) is 7.21. The summed E-state index contributed by atoms with van der Waals surface area (Å²) in [7, 11) is 1.50. The van der Waals surface area contributed by atoms with Crippen LogP contribution >= 0.6 is 22.6 Å². The number of aromatic hydroxyl groups is 1. The maximum absolute atomic E-state index is 13.8. The number of nitrogens with zero attached hydrogens (tertiary/aromatic N) is 2. The number of aliphatic hydroxyl groups is 2. The first-order valence-corrected chi connectivity index (χ1v) is 15.9. The van der Waals surface area contributed by atoms with E-state index < -0.39 is 47.2 Å². The number of fused-ring (bicyclic) bond motifs is 1. The number of benzene rings is 2. The number of hydrogen-bond donors (Lipinski definition) is 3. The number of phenolic OH excluding ortho intramolecular Hbond substituents is 1. The molecule has 44 heavy (non-hydrogen) atoms. The van der Waals surface area contributed by atoms with E-state index in [0.29, 0.717) is 27.7 Å². The number of non-ortho nitro benzene ring substituents is 1. The lowest BCUT2D eigenvalue weighted by Crippen LogP contribution is -2.39. The van der Waals surface area contributed by atoms with Crippen molar-refractivity contribution in [3.8, 4) is 11.5 Å². The van der Waals surface area contributed by atoms with E-state index in [2.05, 4.69) is 29.5 Å². The van der Waals surface area contributed by atoms with E-state index in [1.54, 1.807) is 6.07 Å². The van der Waals surface area contributed by atoms with Crippen molar-refractivity contribution in [1.82, 2.24) is 0 Å². The molecule has 1 aliphatic carbocycles. The van der Waals surface area contributed by atoms with Crippen LogP contribution in [0.4, 0.5) is 11.4 Å². The van der Waals surface area contributed by atoms with E-state index in [1.165, 1.54) is 31.4 Å². The summed E-state index contributed by atoms with van der Waals surface area (Å²) in [6.45, 7) is 5.59. The summed E-state index contributed by atoms with van der Waals surface area (Å²) in [5.41, 5.74) is 3.34. The van der Waals surface area contributed by atoms with E-state index in [1.807, 2.05) is 26.0 Å². The molecule has 1 aliphatic heterocycles. The van der Waals surface area contributed by atoms with E-state index in [9.17, 15) is 35.0 Å². The summed E-state index contributed by atoms with van der Waals surface area (Å²) < 4.78 is 5.97. The molecule has 4 rings (SSSR count). The van der Waals surface area contributed by atoms with Crippen molar-refractivity contribution in [1.29, 1.82) is 0 Å². The fourth-order valence-electron chi connectivity index (χ4n) is 6.58. The maximum atomic E-state index is 13.8. The number of amides is 2. The number of halogens is 1. The third kappa shape index (κ3) is 6.69. The zero-order chi connectivity index (χ0) is 32.3. The number of imide groups is 1. The highest BCUT2D eigenvalue weighted by Crippen LogP contribution is 2.49. The Balaban J connectivity index is 1.63. The second-order valence-electron chi connectivity index (χ2n) is 11.7. The molecule has 0 saturated carbocycles. The van der Waals surface area contributed by atoms with Gasteiger partial charge in [0.05, 0.1) is 45.8 Å². The molecule has 2 aliphatic rings. The summed E-state index contributed by atoms with van der Waals surface area (Å²) in [5.74, 6) is -2.91. The van der Waals surface area contributed by atoms with Crippen LogP contribution in [-0.4, -0.2) is 51.9 Å². The summed E-state index contributed by atoms with van der Waals surface area (Å²) >= 11 is 2.05. The zero-order valence-electron chi connectivity index (χ0n) is 25.3. The normalized spacial score (nSPS) is 21.2. The van der Waals surface area contributed by atoms with Gasteiger partial charge in [0.15, 0.2) is 11.5 Å². The molecule has 2 aromatic rings. The molecule has 1 saturated heterocycles. The van der Waals surface area contributed by atoms with Gasteiger partial charge in [0, 0.05) is 18.1 Å². The number of allylic oxidation sites excluding steroid dienone is 2. The molecule has 0 spiro atoms. The molecule has 0 unspecified atom stereocenters. The molecule has 0 bridgehead atoms. The van der Waals surface area contributed by atoms with Crippen LogP contribution in [-0.2, 0) is 9.59 Å². The van der Waals surface area contributed by atoms with Crippen LogP contribution in [0.2, 0.25) is 0 Å². The molecule has 236 valence electrons. The topological polar surface area (TPSA) is 150 Å². The van der Waals surface area contributed by atoms with Crippen molar-refractivity contribution in [3.63, 3.8) is 0 Å². The lowest BCUT2D eigenvalue weighted by Gasteiger charge is -2.38. The Morgan fingerprint density at radius 2 is 1.93 bits per heavy atom. The Labute approximate surface area is 270 Å². The van der Waals surface area contributed by atoms with Crippen molar-refractivity contribution in [2.75, 3.05) is 18.6 Å². The molecule has 2 aromatic carbocycles. The summed E-state index contributed by atoms with van der Waals surface area (Å²) in [4.78, 5) is 39.2. The molecule has 0 radical (unpaired) electrons. The van der Waals surface area contributed by atoms with Crippen LogP contribution in [0.5, 0.6) is 11.5 Å². The largest absolute Gasteiger partial charge is 0.504 e. The SMILES string of the molecule is CCC/C(=C\c1cc(I)c(O)c(OC)c1)CC[C@@H](O)C1=C(C(C)C)C[C@H]2C(=O)N(c3cccc([N+](=O)[O-])c3)C(=O)[C@H]2[C@H]1CO. The van der Waals surface area contributed by atoms with Crippen LogP contribution in [0.25, 0.3) is 6.08 Å². The molecule has 11 heteroatoms. The van der Waals surface area contributed by atoms with Gasteiger partial charge in [-0.1, -0.05) is 50.5 Å². The number of carbonyl (C=O) groups is 2. The minimum atomic E-state index is -0.949. The van der Waals surface area contributed by atoms with Gasteiger partial charge in [0.2, 0.25) is 11.8 Å². The smallest absolute Gasteiger partial charge is 0.271 e. The number of nitro groups is 1. The number of hydrogen-bond acceptors (Lipinski definition) is 8. The fraction of sp³-hybridized carbons (Fsp3) is 0.455. The molecular formula is C33H39IN2O8. The first kappa shape index (κ1) is 33.6. The monoisotopic (exact) mass is 718 g/mol. The van der Waals surface area contributed by atoms with Crippen LogP contribution in [0.15, 0.2) is 53.1 Å². The lowest BCUT2D eigenvalue weighted by atomic mass is 9.66. The van der Waals surface area contributed by atoms with Gasteiger partial charge in [0.25, 0.3) is 5.69 Å². The summed E-state index contributed by atoms with van der Waals surface area (Å²) in [6, 6.07) is 9.06. The Morgan fingerprint density at radius 3 is 2.55 bits per heavy atom. The number of rotatable bonds is 12. The molecular weight excluding hydrogens is 679 g/mol. The van der Waals surface area contributed by atoms with Gasteiger partial charge in [-0.25, -0.2) is 4.90 Å². The maximum Gasteiger partial charge on any atom is 0.271 e. The van der Waals surface area contributed by atoms with Gasteiger partial charge < -0.3 is 20.1 Å². The predicted molar refractivity (Wildman–Crippen MR) is 175 cm³/mol. The number of phenols is 1. The third-order valence-electron chi connectivity index (χ3n) is 8.62. The quantitative estimate of drug-likeness (QED) is 0.0795. The first-order valence-electron chi connectivity index (χ1n) is 14.8. The van der Waals surface area contributed by atoms with Crippen molar-refractivity contribution >= 4 is 51.9 Å². The van der Waals surface area contributed by atoms with E-state index >= 15 is 0 Å². The summed E-state index contributed by atoms with van der Waals surface area (Å²) in [6.07, 6.45) is 3.95. The van der Waals surface area contributed by atoms with Gasteiger partial charge in [-0.05, 0) is 83.5 Å². The molecule has 2 amide bonds. The second kappa shape index (κ2) is 14.2. The van der Waals surface area contributed by atoms with Gasteiger partial charge in [0.1, 0.15) is 0 Å². The minimum Gasteiger partial charge on any atom is -0.504 e.